The van der Waals surface area contributed by atoms with Crippen LogP contribution in [0.1, 0.15) is 22.5 Å². The minimum atomic E-state index is 0.748. The van der Waals surface area contributed by atoms with Crippen molar-refractivity contribution >= 4 is 23.2 Å². The van der Waals surface area contributed by atoms with E-state index in [1.165, 1.54) is 16.7 Å². The fourth-order valence-electron chi connectivity index (χ4n) is 3.31. The van der Waals surface area contributed by atoms with Gasteiger partial charge >= 0.3 is 0 Å². The quantitative estimate of drug-likeness (QED) is 0.733. The number of benzene rings is 2. The van der Waals surface area contributed by atoms with Gasteiger partial charge in [-0.3, -0.25) is 0 Å². The number of halogens is 1. The van der Waals surface area contributed by atoms with Crippen molar-refractivity contribution in [3.63, 3.8) is 0 Å². The second-order valence-electron chi connectivity index (χ2n) is 6.58. The largest absolute Gasteiger partial charge is 0.366 e. The van der Waals surface area contributed by atoms with Gasteiger partial charge in [-0.15, -0.1) is 0 Å². The average molecular weight is 365 g/mol. The minimum Gasteiger partial charge on any atom is -0.366 e. The molecule has 2 aromatic carbocycles. The van der Waals surface area contributed by atoms with Crippen molar-refractivity contribution in [1.82, 2.24) is 9.97 Å². The van der Waals surface area contributed by atoms with Crippen LogP contribution >= 0.6 is 11.6 Å². The zero-order valence-corrected chi connectivity index (χ0v) is 15.5. The second-order valence-corrected chi connectivity index (χ2v) is 7.02. The minimum absolute atomic E-state index is 0.748. The van der Waals surface area contributed by atoms with Crippen LogP contribution < -0.4 is 10.2 Å². The highest BCUT2D eigenvalue weighted by atomic mass is 35.5. The van der Waals surface area contributed by atoms with Crippen molar-refractivity contribution < 1.29 is 0 Å². The Morgan fingerprint density at radius 2 is 1.88 bits per heavy atom. The van der Waals surface area contributed by atoms with Gasteiger partial charge in [0.2, 0.25) is 0 Å². The van der Waals surface area contributed by atoms with E-state index in [9.17, 15) is 0 Å². The Balaban J connectivity index is 1.52. The van der Waals surface area contributed by atoms with E-state index in [1.54, 1.807) is 0 Å². The van der Waals surface area contributed by atoms with Gasteiger partial charge in [-0.05, 0) is 42.2 Å². The van der Waals surface area contributed by atoms with E-state index in [1.807, 2.05) is 37.3 Å². The second kappa shape index (κ2) is 7.34. The number of fused-ring (bicyclic) bond motifs is 1. The van der Waals surface area contributed by atoms with Crippen molar-refractivity contribution in [2.45, 2.75) is 26.4 Å². The third kappa shape index (κ3) is 3.81. The zero-order valence-electron chi connectivity index (χ0n) is 14.7. The van der Waals surface area contributed by atoms with Crippen molar-refractivity contribution in [3.05, 3.63) is 82.1 Å². The predicted molar refractivity (Wildman–Crippen MR) is 107 cm³/mol. The highest BCUT2D eigenvalue weighted by Gasteiger charge is 2.18. The Morgan fingerprint density at radius 1 is 1.04 bits per heavy atom. The molecule has 1 aliphatic heterocycles. The van der Waals surface area contributed by atoms with Gasteiger partial charge < -0.3 is 10.2 Å². The summed E-state index contributed by atoms with van der Waals surface area (Å²) in [5.41, 5.74) is 3.88. The maximum absolute atomic E-state index is 6.11. The van der Waals surface area contributed by atoms with Crippen LogP contribution in [0.3, 0.4) is 0 Å². The molecule has 26 heavy (non-hydrogen) atoms. The summed E-state index contributed by atoms with van der Waals surface area (Å²) < 4.78 is 0. The van der Waals surface area contributed by atoms with Gasteiger partial charge in [-0.2, -0.15) is 0 Å². The molecule has 0 unspecified atom stereocenters. The molecule has 3 aromatic rings. The molecule has 0 radical (unpaired) electrons. The molecular weight excluding hydrogens is 344 g/mol. The summed E-state index contributed by atoms with van der Waals surface area (Å²) in [4.78, 5) is 11.5. The standard InChI is InChI=1S/C21H21ClN4/c1-15-24-20(23-13-16-5-3-2-4-6-16)12-21(25-15)26-10-9-17-11-19(22)8-7-18(17)14-26/h2-8,11-12H,9-10,13-14H2,1H3,(H,23,24,25). The Hall–Kier alpha value is -2.59. The lowest BCUT2D eigenvalue weighted by Crippen LogP contribution is -2.31. The highest BCUT2D eigenvalue weighted by molar-refractivity contribution is 6.30. The van der Waals surface area contributed by atoms with Crippen LogP contribution in [0.5, 0.6) is 0 Å². The lowest BCUT2D eigenvalue weighted by Gasteiger charge is -2.30. The molecule has 0 bridgehead atoms. The summed E-state index contributed by atoms with van der Waals surface area (Å²) in [5, 5.41) is 4.22. The Kier molecular flexibility index (Phi) is 4.76. The first-order valence-corrected chi connectivity index (χ1v) is 9.21. The molecular formula is C21H21ClN4. The van der Waals surface area contributed by atoms with Gasteiger partial charge in [0, 0.05) is 30.7 Å². The predicted octanol–water partition coefficient (Wildman–Crippen LogP) is 4.61. The first-order chi connectivity index (χ1) is 12.7. The Bertz CT molecular complexity index is 911. The van der Waals surface area contributed by atoms with Crippen LogP contribution in [-0.4, -0.2) is 16.5 Å². The lowest BCUT2D eigenvalue weighted by molar-refractivity contribution is 0.717. The number of nitrogens with zero attached hydrogens (tertiary/aromatic N) is 3. The number of hydrogen-bond donors (Lipinski definition) is 1. The van der Waals surface area contributed by atoms with E-state index in [-0.39, 0.29) is 0 Å². The molecule has 0 amide bonds. The van der Waals surface area contributed by atoms with E-state index in [0.717, 1.165) is 48.5 Å². The summed E-state index contributed by atoms with van der Waals surface area (Å²) >= 11 is 6.11. The number of aromatic nitrogens is 2. The molecule has 132 valence electrons. The normalized spacial score (nSPS) is 13.4. The number of rotatable bonds is 4. The van der Waals surface area contributed by atoms with E-state index >= 15 is 0 Å². The maximum atomic E-state index is 6.11. The molecule has 1 aliphatic rings. The molecule has 0 spiro atoms. The number of aryl methyl sites for hydroxylation is 1. The van der Waals surface area contributed by atoms with Crippen LogP contribution in [0.2, 0.25) is 5.02 Å². The average Bonchev–Trinajstić information content (AvgIpc) is 2.66. The van der Waals surface area contributed by atoms with E-state index in [4.69, 9.17) is 11.6 Å². The van der Waals surface area contributed by atoms with Crippen molar-refractivity contribution in [3.8, 4) is 0 Å². The van der Waals surface area contributed by atoms with E-state index < -0.39 is 0 Å². The topological polar surface area (TPSA) is 41.1 Å². The van der Waals surface area contributed by atoms with Crippen LogP contribution in [0.25, 0.3) is 0 Å². The monoisotopic (exact) mass is 364 g/mol. The van der Waals surface area contributed by atoms with Gasteiger partial charge in [0.15, 0.2) is 0 Å². The smallest absolute Gasteiger partial charge is 0.134 e. The van der Waals surface area contributed by atoms with Crippen molar-refractivity contribution in [2.75, 3.05) is 16.8 Å². The van der Waals surface area contributed by atoms with Crippen LogP contribution in [0, 0.1) is 6.92 Å². The molecule has 0 atom stereocenters. The van der Waals surface area contributed by atoms with E-state index in [2.05, 4.69) is 44.5 Å². The SMILES string of the molecule is Cc1nc(NCc2ccccc2)cc(N2CCc3cc(Cl)ccc3C2)n1. The maximum Gasteiger partial charge on any atom is 0.134 e. The summed E-state index contributed by atoms with van der Waals surface area (Å²) in [5.74, 6) is 2.60. The number of hydrogen-bond acceptors (Lipinski definition) is 4. The molecule has 2 heterocycles. The fourth-order valence-corrected chi connectivity index (χ4v) is 3.50. The first kappa shape index (κ1) is 16.9. The Morgan fingerprint density at radius 3 is 2.73 bits per heavy atom. The molecule has 1 aromatic heterocycles. The fraction of sp³-hybridized carbons (Fsp3) is 0.238. The van der Waals surface area contributed by atoms with Gasteiger partial charge in [0.05, 0.1) is 0 Å². The third-order valence-electron chi connectivity index (χ3n) is 4.65. The molecule has 4 nitrogen and oxygen atoms in total. The van der Waals surface area contributed by atoms with Gasteiger partial charge in [0.1, 0.15) is 17.5 Å². The molecule has 0 saturated heterocycles. The summed E-state index contributed by atoms with van der Waals surface area (Å²) in [6, 6.07) is 18.5. The first-order valence-electron chi connectivity index (χ1n) is 8.83. The van der Waals surface area contributed by atoms with Crippen LogP contribution in [-0.2, 0) is 19.5 Å². The summed E-state index contributed by atoms with van der Waals surface area (Å²) in [6.07, 6.45) is 0.978. The molecule has 0 aliphatic carbocycles. The van der Waals surface area contributed by atoms with Gasteiger partial charge in [-0.1, -0.05) is 48.0 Å². The number of nitrogens with one attached hydrogen (secondary N) is 1. The number of anilines is 2. The molecule has 1 N–H and O–H groups in total. The summed E-state index contributed by atoms with van der Waals surface area (Å²) in [6.45, 7) is 4.47. The van der Waals surface area contributed by atoms with Crippen LogP contribution in [0.15, 0.2) is 54.6 Å². The molecule has 0 saturated carbocycles. The van der Waals surface area contributed by atoms with Crippen molar-refractivity contribution in [2.24, 2.45) is 0 Å². The van der Waals surface area contributed by atoms with E-state index in [0.29, 0.717) is 0 Å². The highest BCUT2D eigenvalue weighted by Crippen LogP contribution is 2.26. The molecule has 4 rings (SSSR count). The molecule has 0 fully saturated rings. The lowest BCUT2D eigenvalue weighted by atomic mass is 10.00. The Labute approximate surface area is 158 Å². The summed E-state index contributed by atoms with van der Waals surface area (Å²) in [7, 11) is 0. The third-order valence-corrected chi connectivity index (χ3v) is 4.88. The van der Waals surface area contributed by atoms with Crippen molar-refractivity contribution in [1.29, 1.82) is 0 Å². The van der Waals surface area contributed by atoms with Crippen LogP contribution in [0.4, 0.5) is 11.6 Å². The van der Waals surface area contributed by atoms with Gasteiger partial charge in [0.25, 0.3) is 0 Å². The van der Waals surface area contributed by atoms with Gasteiger partial charge in [-0.25, -0.2) is 9.97 Å². The zero-order chi connectivity index (χ0) is 17.9. The molecule has 5 heteroatoms.